The number of hydrogen-bond acceptors (Lipinski definition) is 4. The molecule has 2 aromatic carbocycles. The van der Waals surface area contributed by atoms with Gasteiger partial charge in [0.05, 0.1) is 7.11 Å². The van der Waals surface area contributed by atoms with E-state index < -0.39 is 5.92 Å². The number of thiocarbonyl (C=S) groups is 1. The van der Waals surface area contributed by atoms with Crippen molar-refractivity contribution in [2.45, 2.75) is 5.92 Å². The number of fused-ring (bicyclic) bond motifs is 1. The van der Waals surface area contributed by atoms with Gasteiger partial charge >= 0.3 is 0 Å². The maximum atomic E-state index is 12.6. The van der Waals surface area contributed by atoms with Crippen molar-refractivity contribution in [1.29, 1.82) is 0 Å². The van der Waals surface area contributed by atoms with Crippen molar-refractivity contribution in [3.8, 4) is 5.75 Å². The first-order valence-electron chi connectivity index (χ1n) is 8.27. The van der Waals surface area contributed by atoms with Gasteiger partial charge in [0.15, 0.2) is 0 Å². The third-order valence-electron chi connectivity index (χ3n) is 4.58. The Hall–Kier alpha value is -2.99. The van der Waals surface area contributed by atoms with Crippen LogP contribution in [0.5, 0.6) is 5.75 Å². The van der Waals surface area contributed by atoms with E-state index in [9.17, 15) is 4.79 Å². The normalized spacial score (nSPS) is 21.7. The lowest BCUT2D eigenvalue weighted by molar-refractivity contribution is -0.122. The van der Waals surface area contributed by atoms with E-state index in [1.807, 2.05) is 54.6 Å². The van der Waals surface area contributed by atoms with Crippen LogP contribution < -0.4 is 15.4 Å². The fourth-order valence-corrected chi connectivity index (χ4v) is 3.51. The average molecular weight is 363 g/mol. The van der Waals surface area contributed by atoms with E-state index in [1.165, 1.54) is 0 Å². The molecule has 0 radical (unpaired) electrons. The molecule has 0 saturated heterocycles. The van der Waals surface area contributed by atoms with E-state index in [-0.39, 0.29) is 16.9 Å². The van der Waals surface area contributed by atoms with Crippen LogP contribution >= 0.6 is 12.2 Å². The number of rotatable bonds is 3. The maximum absolute atomic E-state index is 12.6. The number of allylic oxidation sites excluding steroid dienone is 1. The second kappa shape index (κ2) is 6.72. The van der Waals surface area contributed by atoms with Crippen LogP contribution in [-0.2, 0) is 4.79 Å². The van der Waals surface area contributed by atoms with Gasteiger partial charge in [-0.1, -0.05) is 36.4 Å². The Kier molecular flexibility index (Phi) is 4.26. The summed E-state index contributed by atoms with van der Waals surface area (Å²) in [5.41, 5.74) is 2.94. The van der Waals surface area contributed by atoms with Gasteiger partial charge in [-0.25, -0.2) is 4.99 Å². The largest absolute Gasteiger partial charge is 0.497 e. The van der Waals surface area contributed by atoms with E-state index in [2.05, 4.69) is 21.7 Å². The Bertz CT molecular complexity index is 920. The van der Waals surface area contributed by atoms with E-state index in [0.717, 1.165) is 22.6 Å². The number of amides is 1. The summed E-state index contributed by atoms with van der Waals surface area (Å²) in [5, 5.41) is 6.15. The number of ether oxygens (including phenoxy) is 1. The second-order valence-corrected chi connectivity index (χ2v) is 6.53. The Morgan fingerprint density at radius 1 is 1.04 bits per heavy atom. The number of methoxy groups -OCH3 is 1. The summed E-state index contributed by atoms with van der Waals surface area (Å²) < 4.78 is 5.23. The van der Waals surface area contributed by atoms with Gasteiger partial charge in [-0.05, 0) is 47.6 Å². The van der Waals surface area contributed by atoms with Gasteiger partial charge < -0.3 is 15.4 Å². The number of carbonyl (C=O) groups excluding carboxylic acids is 1. The Morgan fingerprint density at radius 2 is 1.77 bits per heavy atom. The zero-order valence-corrected chi connectivity index (χ0v) is 14.9. The van der Waals surface area contributed by atoms with E-state index >= 15 is 0 Å². The molecule has 2 N–H and O–H groups in total. The van der Waals surface area contributed by atoms with Crippen LogP contribution in [0.15, 0.2) is 65.7 Å². The molecule has 130 valence electrons. The van der Waals surface area contributed by atoms with E-state index in [4.69, 9.17) is 17.0 Å². The Balaban J connectivity index is 1.81. The van der Waals surface area contributed by atoms with Crippen molar-refractivity contribution in [3.63, 3.8) is 0 Å². The first-order valence-corrected chi connectivity index (χ1v) is 8.68. The van der Waals surface area contributed by atoms with Gasteiger partial charge in [-0.3, -0.25) is 4.79 Å². The molecular weight excluding hydrogens is 346 g/mol. The average Bonchev–Trinajstić information content (AvgIpc) is 2.67. The topological polar surface area (TPSA) is 62.7 Å². The van der Waals surface area contributed by atoms with Crippen LogP contribution in [0.2, 0.25) is 0 Å². The van der Waals surface area contributed by atoms with Gasteiger partial charge in [-0.15, -0.1) is 0 Å². The molecule has 1 amide bonds. The predicted octanol–water partition coefficient (Wildman–Crippen LogP) is 2.85. The van der Waals surface area contributed by atoms with Crippen molar-refractivity contribution in [3.05, 3.63) is 71.8 Å². The van der Waals surface area contributed by atoms with Crippen molar-refractivity contribution in [2.75, 3.05) is 7.11 Å². The van der Waals surface area contributed by atoms with Crippen LogP contribution in [0.1, 0.15) is 17.0 Å². The number of amidine groups is 1. The minimum absolute atomic E-state index is 0.128. The fourth-order valence-electron chi connectivity index (χ4n) is 3.31. The van der Waals surface area contributed by atoms with Crippen LogP contribution in [0.3, 0.4) is 0 Å². The van der Waals surface area contributed by atoms with Crippen LogP contribution in [0, 0.1) is 5.92 Å². The molecule has 6 heteroatoms. The van der Waals surface area contributed by atoms with Crippen LogP contribution in [0.4, 0.5) is 0 Å². The Morgan fingerprint density at radius 3 is 2.46 bits per heavy atom. The number of benzene rings is 2. The van der Waals surface area contributed by atoms with Crippen molar-refractivity contribution >= 4 is 34.8 Å². The molecule has 0 aromatic heterocycles. The molecule has 2 unspecified atom stereocenters. The smallest absolute Gasteiger partial charge is 0.237 e. The molecule has 0 fully saturated rings. The molecule has 2 heterocycles. The summed E-state index contributed by atoms with van der Waals surface area (Å²) in [7, 11) is 1.64. The number of aliphatic imine (C=N–C) groups is 1. The first-order chi connectivity index (χ1) is 12.7. The lowest BCUT2D eigenvalue weighted by atomic mass is 9.80. The molecule has 26 heavy (non-hydrogen) atoms. The summed E-state index contributed by atoms with van der Waals surface area (Å²) in [6, 6.07) is 17.7. The standard InChI is InChI=1S/C20H17N3O2S/c1-25-14-9-7-13(8-10-14)16-11-15(12-5-3-2-4-6-12)17-18(21-16)22-20(26)23-19(17)24/h2-11,15,17H,1H3,(H2,21,22,23,24,26). The quantitative estimate of drug-likeness (QED) is 0.823. The molecule has 2 aromatic rings. The predicted molar refractivity (Wildman–Crippen MR) is 105 cm³/mol. The number of nitrogens with one attached hydrogen (secondary N) is 2. The first kappa shape index (κ1) is 16.5. The lowest BCUT2D eigenvalue weighted by Crippen LogP contribution is -2.51. The van der Waals surface area contributed by atoms with Gasteiger partial charge in [0.2, 0.25) is 11.0 Å². The minimum atomic E-state index is -0.425. The highest BCUT2D eigenvalue weighted by atomic mass is 32.1. The van der Waals surface area contributed by atoms with Gasteiger partial charge in [-0.2, -0.15) is 0 Å². The summed E-state index contributed by atoms with van der Waals surface area (Å²) in [5.74, 6) is 0.688. The molecule has 5 nitrogen and oxygen atoms in total. The molecular formula is C20H17N3O2S. The maximum Gasteiger partial charge on any atom is 0.237 e. The number of hydrogen-bond donors (Lipinski definition) is 2. The SMILES string of the molecule is COc1ccc(C2=CC(c3ccccc3)C3C(=O)NC(=S)N=C3N2)cc1. The van der Waals surface area contributed by atoms with Crippen molar-refractivity contribution in [2.24, 2.45) is 10.9 Å². The minimum Gasteiger partial charge on any atom is -0.497 e. The van der Waals surface area contributed by atoms with Gasteiger partial charge in [0, 0.05) is 11.6 Å². The third-order valence-corrected chi connectivity index (χ3v) is 4.78. The second-order valence-electron chi connectivity index (χ2n) is 6.14. The van der Waals surface area contributed by atoms with Gasteiger partial charge in [0.1, 0.15) is 17.5 Å². The van der Waals surface area contributed by atoms with Crippen LogP contribution in [0.25, 0.3) is 5.70 Å². The molecule has 0 bridgehead atoms. The molecule has 2 atom stereocenters. The monoisotopic (exact) mass is 363 g/mol. The van der Waals surface area contributed by atoms with Gasteiger partial charge in [0.25, 0.3) is 0 Å². The van der Waals surface area contributed by atoms with E-state index in [0.29, 0.717) is 5.84 Å². The zero-order valence-electron chi connectivity index (χ0n) is 14.1. The van der Waals surface area contributed by atoms with Crippen molar-refractivity contribution < 1.29 is 9.53 Å². The van der Waals surface area contributed by atoms with E-state index in [1.54, 1.807) is 7.11 Å². The molecule has 0 spiro atoms. The highest BCUT2D eigenvalue weighted by Gasteiger charge is 2.39. The molecule has 2 aliphatic rings. The highest BCUT2D eigenvalue weighted by molar-refractivity contribution is 7.80. The lowest BCUT2D eigenvalue weighted by Gasteiger charge is -2.34. The highest BCUT2D eigenvalue weighted by Crippen LogP contribution is 2.35. The number of nitrogens with zero attached hydrogens (tertiary/aromatic N) is 1. The summed E-state index contributed by atoms with van der Waals surface area (Å²) in [6.07, 6.45) is 2.08. The summed E-state index contributed by atoms with van der Waals surface area (Å²) in [6.45, 7) is 0. The molecule has 2 aliphatic heterocycles. The summed E-state index contributed by atoms with van der Waals surface area (Å²) in [4.78, 5) is 17.0. The third kappa shape index (κ3) is 2.99. The molecule has 0 saturated carbocycles. The Labute approximate surface area is 156 Å². The zero-order chi connectivity index (χ0) is 18.1. The fraction of sp³-hybridized carbons (Fsp3) is 0.150. The van der Waals surface area contributed by atoms with Crippen molar-refractivity contribution in [1.82, 2.24) is 10.6 Å². The molecule has 0 aliphatic carbocycles. The number of carbonyl (C=O) groups is 1. The molecule has 4 rings (SSSR count). The van der Waals surface area contributed by atoms with Crippen LogP contribution in [-0.4, -0.2) is 24.0 Å². The summed E-state index contributed by atoms with van der Waals surface area (Å²) >= 11 is 5.10.